The third-order valence-corrected chi connectivity index (χ3v) is 3.59. The maximum absolute atomic E-state index is 12.9. The van der Waals surface area contributed by atoms with Crippen molar-refractivity contribution in [2.45, 2.75) is 77.8 Å². The topological polar surface area (TPSA) is 32.3 Å². The number of likely N-dealkylation sites (tertiary alicyclic amines) is 1. The summed E-state index contributed by atoms with van der Waals surface area (Å²) in [6.45, 7) is 9.47. The van der Waals surface area contributed by atoms with Crippen LogP contribution < -0.4 is 5.32 Å². The Morgan fingerprint density at radius 2 is 1.71 bits per heavy atom. The largest absolute Gasteiger partial charge is 0.329 e. The van der Waals surface area contributed by atoms with Crippen LogP contribution in [0.1, 0.15) is 60.3 Å². The first-order valence-electron chi connectivity index (χ1n) is 7.94. The average molecular weight is 304 g/mol. The van der Waals surface area contributed by atoms with Crippen LogP contribution in [0.2, 0.25) is 0 Å². The van der Waals surface area contributed by atoms with Crippen LogP contribution in [0.4, 0.5) is 8.78 Å². The average Bonchev–Trinajstić information content (AvgIpc) is 2.27. The van der Waals surface area contributed by atoms with Gasteiger partial charge in [0.2, 0.25) is 5.91 Å². The second-order valence-electron chi connectivity index (χ2n) is 7.68. The number of hydrogen-bond acceptors (Lipinski definition) is 2. The molecule has 1 heterocycles. The fourth-order valence-electron chi connectivity index (χ4n) is 2.57. The second-order valence-corrected chi connectivity index (χ2v) is 7.68. The zero-order valence-corrected chi connectivity index (χ0v) is 14.0. The highest BCUT2D eigenvalue weighted by Crippen LogP contribution is 2.28. The Hall–Kier alpha value is -0.710. The number of halogens is 2. The molecular weight excluding hydrogens is 274 g/mol. The van der Waals surface area contributed by atoms with Gasteiger partial charge in [0.25, 0.3) is 5.92 Å². The molecule has 0 aliphatic carbocycles. The lowest BCUT2D eigenvalue weighted by Gasteiger charge is -2.41. The van der Waals surface area contributed by atoms with Crippen molar-refractivity contribution in [3.05, 3.63) is 0 Å². The number of unbranched alkanes of at least 4 members (excludes halogenated alkanes) is 1. The fourth-order valence-corrected chi connectivity index (χ4v) is 2.57. The molecule has 1 rings (SSSR count). The highest BCUT2D eigenvalue weighted by atomic mass is 19.3. The van der Waals surface area contributed by atoms with Crippen molar-refractivity contribution < 1.29 is 13.6 Å². The van der Waals surface area contributed by atoms with E-state index in [0.29, 0.717) is 12.3 Å². The molecule has 0 spiro atoms. The first kappa shape index (κ1) is 18.3. The van der Waals surface area contributed by atoms with Crippen molar-refractivity contribution in [1.29, 1.82) is 0 Å². The van der Waals surface area contributed by atoms with E-state index < -0.39 is 19.0 Å². The zero-order valence-electron chi connectivity index (χ0n) is 14.0. The van der Waals surface area contributed by atoms with E-state index in [2.05, 4.69) is 19.2 Å². The lowest BCUT2D eigenvalue weighted by atomic mass is 9.98. The van der Waals surface area contributed by atoms with E-state index in [-0.39, 0.29) is 17.5 Å². The van der Waals surface area contributed by atoms with E-state index in [9.17, 15) is 13.6 Å². The normalized spacial score (nSPS) is 19.5. The second kappa shape index (κ2) is 7.03. The van der Waals surface area contributed by atoms with Crippen LogP contribution in [0.3, 0.4) is 0 Å². The lowest BCUT2D eigenvalue weighted by molar-refractivity contribution is -0.168. The molecule has 21 heavy (non-hydrogen) atoms. The maximum atomic E-state index is 12.9. The standard InChI is InChI=1S/C16H30F2N2O/c1-12(2)8-6-7-9-13(19-15(3,4)5)14(21)20-10-16(17,18)11-20/h12-13,19H,6-11H2,1-5H3. The van der Waals surface area contributed by atoms with Gasteiger partial charge in [-0.3, -0.25) is 4.79 Å². The third kappa shape index (κ3) is 6.72. The highest BCUT2D eigenvalue weighted by Gasteiger charge is 2.47. The number of carbonyl (C=O) groups is 1. The minimum Gasteiger partial charge on any atom is -0.329 e. The van der Waals surface area contributed by atoms with Gasteiger partial charge in [-0.1, -0.05) is 33.1 Å². The number of carbonyl (C=O) groups excluding carboxylic acids is 1. The van der Waals surface area contributed by atoms with E-state index in [1.165, 1.54) is 4.90 Å². The molecule has 1 aliphatic heterocycles. The van der Waals surface area contributed by atoms with Crippen molar-refractivity contribution in [1.82, 2.24) is 10.2 Å². The lowest BCUT2D eigenvalue weighted by Crippen LogP contribution is -2.63. The minimum absolute atomic E-state index is 0.180. The molecule has 0 radical (unpaired) electrons. The van der Waals surface area contributed by atoms with Crippen LogP contribution in [0.15, 0.2) is 0 Å². The SMILES string of the molecule is CC(C)CCCCC(NC(C)(C)C)C(=O)N1CC(F)(F)C1. The van der Waals surface area contributed by atoms with Crippen LogP contribution in [0, 0.1) is 5.92 Å². The van der Waals surface area contributed by atoms with Crippen molar-refractivity contribution in [3.63, 3.8) is 0 Å². The summed E-state index contributed by atoms with van der Waals surface area (Å²) in [5.74, 6) is -2.22. The van der Waals surface area contributed by atoms with Crippen molar-refractivity contribution in [3.8, 4) is 0 Å². The van der Waals surface area contributed by atoms with Crippen LogP contribution in [0.5, 0.6) is 0 Å². The number of nitrogens with one attached hydrogen (secondary N) is 1. The number of nitrogens with zero attached hydrogens (tertiary/aromatic N) is 1. The summed E-state index contributed by atoms with van der Waals surface area (Å²) in [5, 5.41) is 3.28. The molecule has 3 nitrogen and oxygen atoms in total. The molecule has 1 aliphatic rings. The molecule has 1 fully saturated rings. The summed E-state index contributed by atoms with van der Waals surface area (Å²) >= 11 is 0. The molecule has 124 valence electrons. The van der Waals surface area contributed by atoms with E-state index in [1.54, 1.807) is 0 Å². The first-order valence-corrected chi connectivity index (χ1v) is 7.94. The van der Waals surface area contributed by atoms with E-state index in [1.807, 2.05) is 20.8 Å². The van der Waals surface area contributed by atoms with Crippen LogP contribution >= 0.6 is 0 Å². The quantitative estimate of drug-likeness (QED) is 0.731. The monoisotopic (exact) mass is 304 g/mol. The van der Waals surface area contributed by atoms with Gasteiger partial charge in [-0.05, 0) is 33.1 Å². The summed E-state index contributed by atoms with van der Waals surface area (Å²) in [4.78, 5) is 13.6. The number of alkyl halides is 2. The Morgan fingerprint density at radius 1 is 1.19 bits per heavy atom. The van der Waals surface area contributed by atoms with E-state index in [0.717, 1.165) is 19.3 Å². The summed E-state index contributed by atoms with van der Waals surface area (Å²) in [6.07, 6.45) is 3.87. The van der Waals surface area contributed by atoms with Crippen molar-refractivity contribution in [2.75, 3.05) is 13.1 Å². The molecule has 5 heteroatoms. The maximum Gasteiger partial charge on any atom is 0.282 e. The smallest absolute Gasteiger partial charge is 0.282 e. The van der Waals surface area contributed by atoms with Gasteiger partial charge in [0, 0.05) is 5.54 Å². The van der Waals surface area contributed by atoms with Gasteiger partial charge in [-0.2, -0.15) is 0 Å². The number of amides is 1. The molecule has 0 bridgehead atoms. The fraction of sp³-hybridized carbons (Fsp3) is 0.938. The van der Waals surface area contributed by atoms with Crippen molar-refractivity contribution in [2.24, 2.45) is 5.92 Å². The number of hydrogen-bond donors (Lipinski definition) is 1. The van der Waals surface area contributed by atoms with Gasteiger partial charge in [0.15, 0.2) is 0 Å². The molecule has 1 atom stereocenters. The molecule has 0 saturated carbocycles. The highest BCUT2D eigenvalue weighted by molar-refractivity contribution is 5.83. The Balaban J connectivity index is 2.50. The number of rotatable bonds is 7. The molecule has 1 unspecified atom stereocenters. The Morgan fingerprint density at radius 3 is 2.14 bits per heavy atom. The van der Waals surface area contributed by atoms with Gasteiger partial charge >= 0.3 is 0 Å². The van der Waals surface area contributed by atoms with Gasteiger partial charge in [-0.15, -0.1) is 0 Å². The van der Waals surface area contributed by atoms with Crippen LogP contribution in [-0.4, -0.2) is 41.4 Å². The van der Waals surface area contributed by atoms with Gasteiger partial charge in [-0.25, -0.2) is 8.78 Å². The Bertz CT molecular complexity index is 343. The van der Waals surface area contributed by atoms with Crippen molar-refractivity contribution >= 4 is 5.91 Å². The van der Waals surface area contributed by atoms with Crippen LogP contribution in [-0.2, 0) is 4.79 Å². The Kier molecular flexibility index (Phi) is 6.14. The van der Waals surface area contributed by atoms with Crippen LogP contribution in [0.25, 0.3) is 0 Å². The Labute approximate surface area is 127 Å². The predicted octanol–water partition coefficient (Wildman–Crippen LogP) is 3.44. The van der Waals surface area contributed by atoms with Gasteiger partial charge in [0.05, 0.1) is 19.1 Å². The summed E-state index contributed by atoms with van der Waals surface area (Å²) in [6, 6.07) is -0.353. The van der Waals surface area contributed by atoms with Gasteiger partial charge < -0.3 is 10.2 Å². The van der Waals surface area contributed by atoms with Gasteiger partial charge in [0.1, 0.15) is 0 Å². The molecule has 0 aromatic rings. The zero-order chi connectivity index (χ0) is 16.3. The minimum atomic E-state index is -2.69. The summed E-state index contributed by atoms with van der Waals surface area (Å²) < 4.78 is 25.9. The molecule has 1 saturated heterocycles. The molecule has 1 amide bonds. The molecular formula is C16H30F2N2O. The third-order valence-electron chi connectivity index (χ3n) is 3.59. The van der Waals surface area contributed by atoms with E-state index in [4.69, 9.17) is 0 Å². The predicted molar refractivity (Wildman–Crippen MR) is 81.5 cm³/mol. The first-order chi connectivity index (χ1) is 9.50. The van der Waals surface area contributed by atoms with E-state index >= 15 is 0 Å². The molecule has 1 N–H and O–H groups in total. The summed E-state index contributed by atoms with van der Waals surface area (Å²) in [5.41, 5.74) is -0.203. The summed E-state index contributed by atoms with van der Waals surface area (Å²) in [7, 11) is 0. The molecule has 0 aromatic carbocycles. The molecule has 0 aromatic heterocycles.